The number of nitrogens with one attached hydrogen (secondary N) is 2. The van der Waals surface area contributed by atoms with E-state index in [0.29, 0.717) is 6.61 Å². The van der Waals surface area contributed by atoms with Gasteiger partial charge in [0.2, 0.25) is 0 Å². The second-order valence-corrected chi connectivity index (χ2v) is 5.40. The molecule has 0 aliphatic rings. The predicted molar refractivity (Wildman–Crippen MR) is 92.5 cm³/mol. The van der Waals surface area contributed by atoms with Crippen molar-refractivity contribution in [3.8, 4) is 0 Å². The van der Waals surface area contributed by atoms with Gasteiger partial charge in [-0.2, -0.15) is 0 Å². The molecule has 4 nitrogen and oxygen atoms in total. The van der Waals surface area contributed by atoms with E-state index in [1.807, 2.05) is 68.4 Å². The van der Waals surface area contributed by atoms with Crippen LogP contribution in [0.5, 0.6) is 0 Å². The van der Waals surface area contributed by atoms with Crippen molar-refractivity contribution < 1.29 is 9.53 Å². The van der Waals surface area contributed by atoms with Crippen molar-refractivity contribution in [2.24, 2.45) is 0 Å². The molecular weight excluding hydrogens is 288 g/mol. The quantitative estimate of drug-likeness (QED) is 0.695. The van der Waals surface area contributed by atoms with Crippen molar-refractivity contribution in [3.05, 3.63) is 65.9 Å². The van der Waals surface area contributed by atoms with Crippen LogP contribution in [-0.2, 0) is 9.53 Å². The number of H-pyrrole nitrogens is 1. The molecular formula is C19H20N2O2. The lowest BCUT2D eigenvalue weighted by Crippen LogP contribution is -2.24. The Hall–Kier alpha value is -2.75. The summed E-state index contributed by atoms with van der Waals surface area (Å²) in [5, 5.41) is 4.34. The molecule has 2 aromatic carbocycles. The Morgan fingerprint density at radius 1 is 1.13 bits per heavy atom. The summed E-state index contributed by atoms with van der Waals surface area (Å²) < 4.78 is 5.29. The number of carbonyl (C=O) groups is 1. The maximum absolute atomic E-state index is 12.5. The van der Waals surface area contributed by atoms with Crippen LogP contribution in [0.4, 0.5) is 5.69 Å². The van der Waals surface area contributed by atoms with Crippen molar-refractivity contribution in [2.75, 3.05) is 11.9 Å². The fourth-order valence-electron chi connectivity index (χ4n) is 2.85. The zero-order valence-corrected chi connectivity index (χ0v) is 13.3. The zero-order chi connectivity index (χ0) is 16.2. The number of para-hydroxylation sites is 2. The summed E-state index contributed by atoms with van der Waals surface area (Å²) in [5.74, 6) is -0.274. The van der Waals surface area contributed by atoms with Gasteiger partial charge >= 0.3 is 5.97 Å². The second-order valence-electron chi connectivity index (χ2n) is 5.40. The molecule has 4 heteroatoms. The van der Waals surface area contributed by atoms with E-state index in [9.17, 15) is 4.79 Å². The lowest BCUT2D eigenvalue weighted by molar-refractivity contribution is -0.144. The van der Waals surface area contributed by atoms with Gasteiger partial charge in [-0.25, -0.2) is 4.79 Å². The molecule has 0 aliphatic carbocycles. The van der Waals surface area contributed by atoms with Crippen LogP contribution in [-0.4, -0.2) is 17.6 Å². The largest absolute Gasteiger partial charge is 0.464 e. The Bertz CT molecular complexity index is 809. The van der Waals surface area contributed by atoms with Crippen LogP contribution in [0.3, 0.4) is 0 Å². The number of benzene rings is 2. The Morgan fingerprint density at radius 3 is 2.57 bits per heavy atom. The van der Waals surface area contributed by atoms with Crippen molar-refractivity contribution >= 4 is 22.6 Å². The standard InChI is InChI=1S/C19H20N2O2/c1-3-23-19(22)18(21-14-9-5-4-6-10-14)17-13(2)20-16-12-8-7-11-15(16)17/h4-12,18,20-21H,3H2,1-2H3. The molecule has 0 aliphatic heterocycles. The molecule has 3 aromatic rings. The van der Waals surface area contributed by atoms with Gasteiger partial charge < -0.3 is 15.0 Å². The van der Waals surface area contributed by atoms with E-state index >= 15 is 0 Å². The van der Waals surface area contributed by atoms with Crippen molar-refractivity contribution in [1.29, 1.82) is 0 Å². The van der Waals surface area contributed by atoms with E-state index < -0.39 is 6.04 Å². The number of esters is 1. The number of hydrogen-bond acceptors (Lipinski definition) is 3. The third-order valence-corrected chi connectivity index (χ3v) is 3.84. The van der Waals surface area contributed by atoms with Crippen LogP contribution >= 0.6 is 0 Å². The summed E-state index contributed by atoms with van der Waals surface area (Å²) in [4.78, 5) is 15.9. The van der Waals surface area contributed by atoms with Gasteiger partial charge in [0.1, 0.15) is 0 Å². The molecule has 1 aromatic heterocycles. The summed E-state index contributed by atoms with van der Waals surface area (Å²) in [6, 6.07) is 17.1. The Labute approximate surface area is 135 Å². The van der Waals surface area contributed by atoms with Crippen LogP contribution in [0.15, 0.2) is 54.6 Å². The minimum atomic E-state index is -0.548. The maximum Gasteiger partial charge on any atom is 0.333 e. The van der Waals surface area contributed by atoms with Crippen LogP contribution in [0, 0.1) is 6.92 Å². The highest BCUT2D eigenvalue weighted by Gasteiger charge is 2.26. The number of aromatic nitrogens is 1. The van der Waals surface area contributed by atoms with Gasteiger partial charge in [-0.15, -0.1) is 0 Å². The first-order chi connectivity index (χ1) is 11.2. The predicted octanol–water partition coefficient (Wildman–Crippen LogP) is 4.19. The molecule has 1 heterocycles. The number of ether oxygens (including phenoxy) is 1. The molecule has 1 unspecified atom stereocenters. The van der Waals surface area contributed by atoms with E-state index in [2.05, 4.69) is 10.3 Å². The van der Waals surface area contributed by atoms with Crippen molar-refractivity contribution in [3.63, 3.8) is 0 Å². The average molecular weight is 308 g/mol. The molecule has 2 N–H and O–H groups in total. The highest BCUT2D eigenvalue weighted by atomic mass is 16.5. The number of aryl methyl sites for hydroxylation is 1. The number of hydrogen-bond donors (Lipinski definition) is 2. The fourth-order valence-corrected chi connectivity index (χ4v) is 2.85. The van der Waals surface area contributed by atoms with Gasteiger partial charge in [-0.1, -0.05) is 36.4 Å². The lowest BCUT2D eigenvalue weighted by atomic mass is 10.0. The molecule has 0 saturated heterocycles. The Balaban J connectivity index is 2.06. The summed E-state index contributed by atoms with van der Waals surface area (Å²) in [5.41, 5.74) is 3.80. The molecule has 3 rings (SSSR count). The molecule has 0 amide bonds. The zero-order valence-electron chi connectivity index (χ0n) is 13.3. The van der Waals surface area contributed by atoms with Crippen LogP contribution < -0.4 is 5.32 Å². The maximum atomic E-state index is 12.5. The molecule has 0 spiro atoms. The normalized spacial score (nSPS) is 12.1. The number of rotatable bonds is 5. The molecule has 118 valence electrons. The van der Waals surface area contributed by atoms with Crippen LogP contribution in [0.25, 0.3) is 10.9 Å². The first-order valence-corrected chi connectivity index (χ1v) is 7.76. The highest BCUT2D eigenvalue weighted by molar-refractivity contribution is 5.92. The monoisotopic (exact) mass is 308 g/mol. The Morgan fingerprint density at radius 2 is 1.83 bits per heavy atom. The summed E-state index contributed by atoms with van der Waals surface area (Å²) >= 11 is 0. The van der Waals surface area contributed by atoms with E-state index in [1.165, 1.54) is 0 Å². The summed E-state index contributed by atoms with van der Waals surface area (Å²) in [6.07, 6.45) is 0. The molecule has 0 bridgehead atoms. The van der Waals surface area contributed by atoms with E-state index in [0.717, 1.165) is 27.8 Å². The topological polar surface area (TPSA) is 54.1 Å². The first kappa shape index (κ1) is 15.2. The smallest absolute Gasteiger partial charge is 0.333 e. The van der Waals surface area contributed by atoms with Crippen molar-refractivity contribution in [1.82, 2.24) is 4.98 Å². The fraction of sp³-hybridized carbons (Fsp3) is 0.211. The minimum Gasteiger partial charge on any atom is -0.464 e. The third kappa shape index (κ3) is 3.06. The molecule has 23 heavy (non-hydrogen) atoms. The number of carbonyl (C=O) groups excluding carboxylic acids is 1. The Kier molecular flexibility index (Phi) is 4.33. The van der Waals surface area contributed by atoms with Gasteiger partial charge in [0, 0.05) is 27.8 Å². The van der Waals surface area contributed by atoms with E-state index in [1.54, 1.807) is 0 Å². The molecule has 1 atom stereocenters. The SMILES string of the molecule is CCOC(=O)C(Nc1ccccc1)c1c(C)[nH]c2ccccc12. The van der Waals surface area contributed by atoms with Gasteiger partial charge in [0.15, 0.2) is 6.04 Å². The van der Waals surface area contributed by atoms with E-state index in [-0.39, 0.29) is 5.97 Å². The third-order valence-electron chi connectivity index (χ3n) is 3.84. The first-order valence-electron chi connectivity index (χ1n) is 7.76. The number of fused-ring (bicyclic) bond motifs is 1. The van der Waals surface area contributed by atoms with Crippen LogP contribution in [0.2, 0.25) is 0 Å². The van der Waals surface area contributed by atoms with Gasteiger partial charge in [-0.05, 0) is 32.0 Å². The summed E-state index contributed by atoms with van der Waals surface area (Å²) in [7, 11) is 0. The van der Waals surface area contributed by atoms with Gasteiger partial charge in [0.05, 0.1) is 6.61 Å². The lowest BCUT2D eigenvalue weighted by Gasteiger charge is -2.19. The molecule has 0 saturated carbocycles. The second kappa shape index (κ2) is 6.57. The molecule has 0 radical (unpaired) electrons. The minimum absolute atomic E-state index is 0.274. The van der Waals surface area contributed by atoms with Crippen LogP contribution in [0.1, 0.15) is 24.2 Å². The number of aromatic amines is 1. The summed E-state index contributed by atoms with van der Waals surface area (Å²) in [6.45, 7) is 4.15. The highest BCUT2D eigenvalue weighted by Crippen LogP contribution is 2.31. The number of anilines is 1. The molecule has 0 fully saturated rings. The van der Waals surface area contributed by atoms with Gasteiger partial charge in [0.25, 0.3) is 0 Å². The van der Waals surface area contributed by atoms with Gasteiger partial charge in [-0.3, -0.25) is 0 Å². The average Bonchev–Trinajstić information content (AvgIpc) is 2.89. The van der Waals surface area contributed by atoms with E-state index in [4.69, 9.17) is 4.74 Å². The van der Waals surface area contributed by atoms with Crippen molar-refractivity contribution in [2.45, 2.75) is 19.9 Å².